The van der Waals surface area contributed by atoms with Crippen molar-refractivity contribution in [3.05, 3.63) is 35.9 Å². The molecular weight excluding hydrogens is 239 g/mol. The van der Waals surface area contributed by atoms with Crippen molar-refractivity contribution in [2.24, 2.45) is 0 Å². The Balaban J connectivity index is 0.000000640. The number of aliphatic hydroxyl groups is 1. The van der Waals surface area contributed by atoms with E-state index in [1.165, 1.54) is 0 Å². The van der Waals surface area contributed by atoms with E-state index in [-0.39, 0.29) is 42.2 Å². The molecule has 1 radical (unpaired) electrons. The summed E-state index contributed by atoms with van der Waals surface area (Å²) in [5.74, 6) is 0. The van der Waals surface area contributed by atoms with Crippen molar-refractivity contribution in [3.63, 3.8) is 0 Å². The van der Waals surface area contributed by atoms with E-state index in [0.29, 0.717) is 0 Å². The fourth-order valence-corrected chi connectivity index (χ4v) is 0.583. The Bertz CT molecular complexity index is 150. The van der Waals surface area contributed by atoms with Gasteiger partial charge in [0.05, 0.1) is 6.61 Å². The summed E-state index contributed by atoms with van der Waals surface area (Å²) in [7, 11) is 0. The summed E-state index contributed by atoms with van der Waals surface area (Å²) < 4.78 is 0. The second-order valence-corrected chi connectivity index (χ2v) is 1.64. The van der Waals surface area contributed by atoms with E-state index >= 15 is 0 Å². The molecule has 1 rings (SSSR count). The summed E-state index contributed by atoms with van der Waals surface area (Å²) in [6.07, 6.45) is 0. The van der Waals surface area contributed by atoms with Gasteiger partial charge in [-0.3, -0.25) is 0 Å². The smallest absolute Gasteiger partial charge is 0.0681 e. The van der Waals surface area contributed by atoms with Crippen molar-refractivity contribution in [2.75, 3.05) is 0 Å². The van der Waals surface area contributed by atoms with Crippen molar-refractivity contribution in [1.29, 1.82) is 0 Å². The maximum atomic E-state index is 8.54. The quantitative estimate of drug-likeness (QED) is 0.790. The number of hydrogen-bond donors (Lipinski definition) is 1. The molecule has 1 aromatic carbocycles. The Hall–Kier alpha value is 0.375. The van der Waals surface area contributed by atoms with Gasteiger partial charge in [0.25, 0.3) is 0 Å². The molecule has 0 unspecified atom stereocenters. The molecule has 1 N–H and O–H groups in total. The van der Waals surface area contributed by atoms with E-state index in [2.05, 4.69) is 0 Å². The van der Waals surface area contributed by atoms with Crippen LogP contribution < -0.4 is 0 Å². The van der Waals surface area contributed by atoms with Gasteiger partial charge in [-0.05, 0) is 5.56 Å². The van der Waals surface area contributed by atoms with E-state index in [9.17, 15) is 0 Å². The Morgan fingerprint density at radius 2 is 1.67 bits per heavy atom. The van der Waals surface area contributed by atoms with Crippen LogP contribution in [0.1, 0.15) is 5.56 Å². The van der Waals surface area contributed by atoms with Crippen LogP contribution in [0.2, 0.25) is 0 Å². The summed E-state index contributed by atoms with van der Waals surface area (Å²) in [6.45, 7) is 0.140. The van der Waals surface area contributed by atoms with Gasteiger partial charge in [-0.25, -0.2) is 0 Å². The van der Waals surface area contributed by atoms with Crippen LogP contribution in [0.25, 0.3) is 0 Å². The topological polar surface area (TPSA) is 20.2 Å². The summed E-state index contributed by atoms with van der Waals surface area (Å²) in [5.41, 5.74) is 0.965. The van der Waals surface area contributed by atoms with Gasteiger partial charge >= 0.3 is 0 Å². The molecule has 0 spiro atoms. The molecule has 0 aliphatic rings. The van der Waals surface area contributed by atoms with Crippen molar-refractivity contribution >= 4 is 0 Å². The minimum absolute atomic E-state index is 0. The van der Waals surface area contributed by atoms with Crippen molar-refractivity contribution < 1.29 is 40.7 Å². The van der Waals surface area contributed by atoms with Crippen LogP contribution in [0, 0.1) is 35.6 Å². The van der Waals surface area contributed by atoms with Gasteiger partial charge in [-0.2, -0.15) is 0 Å². The summed E-state index contributed by atoms with van der Waals surface area (Å²) in [5, 5.41) is 8.54. The standard InChI is InChI=1S/C7H8O.La/c8-6-7-4-2-1-3-5-7;/h1-5,8H,6H2;. The van der Waals surface area contributed by atoms with Gasteiger partial charge in [0.15, 0.2) is 0 Å². The maximum Gasteiger partial charge on any atom is 0.0681 e. The molecule has 9 heavy (non-hydrogen) atoms. The van der Waals surface area contributed by atoms with Crippen molar-refractivity contribution in [3.8, 4) is 0 Å². The summed E-state index contributed by atoms with van der Waals surface area (Å²) in [4.78, 5) is 0. The molecule has 2 heteroatoms. The molecule has 0 amide bonds. The molecule has 0 bridgehead atoms. The first kappa shape index (κ1) is 9.37. The van der Waals surface area contributed by atoms with E-state index in [4.69, 9.17) is 5.11 Å². The average Bonchev–Trinajstić information content (AvgIpc) is 1.90. The first-order valence-corrected chi connectivity index (χ1v) is 2.58. The zero-order chi connectivity index (χ0) is 5.82. The van der Waals surface area contributed by atoms with Gasteiger partial charge in [-0.15, -0.1) is 0 Å². The molecule has 0 aliphatic heterocycles. The average molecular weight is 247 g/mol. The van der Waals surface area contributed by atoms with Crippen LogP contribution in [0.4, 0.5) is 0 Å². The number of hydrogen-bond acceptors (Lipinski definition) is 1. The molecule has 0 aliphatic carbocycles. The molecule has 0 fully saturated rings. The van der Waals surface area contributed by atoms with Crippen LogP contribution in [-0.4, -0.2) is 5.11 Å². The minimum atomic E-state index is 0. The molecular formula is C7H8LaO. The first-order valence-electron chi connectivity index (χ1n) is 2.58. The molecule has 0 heterocycles. The molecule has 0 atom stereocenters. The number of benzene rings is 1. The molecule has 1 nitrogen and oxygen atoms in total. The Kier molecular flexibility index (Phi) is 5.40. The second kappa shape index (κ2) is 5.18. The molecule has 45 valence electrons. The SMILES string of the molecule is OCc1ccccc1.[La]. The summed E-state index contributed by atoms with van der Waals surface area (Å²) in [6, 6.07) is 9.52. The predicted molar refractivity (Wildman–Crippen MR) is 32.4 cm³/mol. The predicted octanol–water partition coefficient (Wildman–Crippen LogP) is 1.18. The summed E-state index contributed by atoms with van der Waals surface area (Å²) >= 11 is 0. The maximum absolute atomic E-state index is 8.54. The van der Waals surface area contributed by atoms with Crippen molar-refractivity contribution in [1.82, 2.24) is 0 Å². The van der Waals surface area contributed by atoms with Crippen LogP contribution in [0.3, 0.4) is 0 Å². The molecule has 0 aromatic heterocycles. The van der Waals surface area contributed by atoms with Crippen LogP contribution >= 0.6 is 0 Å². The molecule has 1 aromatic rings. The monoisotopic (exact) mass is 247 g/mol. The fraction of sp³-hybridized carbons (Fsp3) is 0.143. The molecule has 0 saturated carbocycles. The first-order chi connectivity index (χ1) is 3.93. The van der Waals surface area contributed by atoms with Gasteiger partial charge in [0.1, 0.15) is 0 Å². The van der Waals surface area contributed by atoms with E-state index in [1.54, 1.807) is 0 Å². The minimum Gasteiger partial charge on any atom is -0.392 e. The fourth-order valence-electron chi connectivity index (χ4n) is 0.583. The van der Waals surface area contributed by atoms with Crippen LogP contribution in [0.15, 0.2) is 30.3 Å². The Morgan fingerprint density at radius 3 is 2.00 bits per heavy atom. The molecule has 0 saturated heterocycles. The normalized spacial score (nSPS) is 8.11. The third-order valence-electron chi connectivity index (χ3n) is 1.03. The van der Waals surface area contributed by atoms with Crippen molar-refractivity contribution in [2.45, 2.75) is 6.61 Å². The third kappa shape index (κ3) is 3.16. The number of aliphatic hydroxyl groups excluding tert-OH is 1. The Labute approximate surface area is 82.7 Å². The Morgan fingerprint density at radius 1 is 1.11 bits per heavy atom. The van der Waals surface area contributed by atoms with E-state index in [1.807, 2.05) is 30.3 Å². The van der Waals surface area contributed by atoms with E-state index in [0.717, 1.165) is 5.56 Å². The zero-order valence-electron chi connectivity index (χ0n) is 5.12. The van der Waals surface area contributed by atoms with Gasteiger partial charge in [0, 0.05) is 35.6 Å². The van der Waals surface area contributed by atoms with Gasteiger partial charge in [-0.1, -0.05) is 30.3 Å². The van der Waals surface area contributed by atoms with Crippen LogP contribution in [-0.2, 0) is 6.61 Å². The van der Waals surface area contributed by atoms with Gasteiger partial charge < -0.3 is 5.11 Å². The zero-order valence-corrected chi connectivity index (χ0v) is 8.74. The number of rotatable bonds is 1. The van der Waals surface area contributed by atoms with Gasteiger partial charge in [0.2, 0.25) is 0 Å². The van der Waals surface area contributed by atoms with E-state index < -0.39 is 0 Å². The largest absolute Gasteiger partial charge is 0.392 e. The van der Waals surface area contributed by atoms with Crippen LogP contribution in [0.5, 0.6) is 0 Å². The third-order valence-corrected chi connectivity index (χ3v) is 1.03. The second-order valence-electron chi connectivity index (χ2n) is 1.64.